The van der Waals surface area contributed by atoms with E-state index in [0.717, 1.165) is 202 Å². The molecule has 0 radical (unpaired) electrons. The van der Waals surface area contributed by atoms with Crippen LogP contribution in [0.2, 0.25) is 28.4 Å². The summed E-state index contributed by atoms with van der Waals surface area (Å²) < 4.78 is 20.4. The molecule has 21 rings (SSSR count). The molecule has 8 aromatic carbocycles. The molecule has 4 fully saturated rings. The predicted octanol–water partition coefficient (Wildman–Crippen LogP) is 35.8. The van der Waals surface area contributed by atoms with Gasteiger partial charge in [-0.1, -0.05) is 188 Å². The third-order valence-electron chi connectivity index (χ3n) is 27.5. The Morgan fingerprint density at radius 1 is 0.453 bits per heavy atom. The van der Waals surface area contributed by atoms with E-state index in [9.17, 15) is 55.4 Å². The van der Waals surface area contributed by atoms with Crippen molar-refractivity contribution in [2.45, 2.75) is 324 Å². The molecule has 810 valence electrons. The fourth-order valence-corrected chi connectivity index (χ4v) is 22.5. The van der Waals surface area contributed by atoms with E-state index >= 15 is 0 Å². The molecular weight excluding hydrogens is 2150 g/mol. The van der Waals surface area contributed by atoms with Crippen LogP contribution in [0.15, 0.2) is 190 Å². The van der Waals surface area contributed by atoms with E-state index < -0.39 is 8.32 Å². The quantitative estimate of drug-likeness (QED) is 0.0151. The molecule has 3 N–H and O–H groups in total. The number of nitrogens with zero attached hydrogens (tertiary/aromatic N) is 13. The standard InChI is InChI=1S/C27H36Cl2N4O2Si.C17H24N2.C14H16N2O2.C14H18N2.C11H11BrN2O2.C9H8BrNO2.C9H6BrNO2.C9H9NO2.7CH4/c1-7-11-32-12-10-19-15-20(16-21(23(19)32)18-8-9-18)33(13-14-35-36(5,6)27(2,3)4)26(34)22-24(28)30-17-31-25(22)29;1-3-8-18-15-11-14-7-10-19(9-4-2)17(14)16(12-15)13-5-6-13;1-2-6-15-7-5-11-8-12(16(17)18)9-13(14(11)15)10-3-4-10;1-2-6-16-7-5-11-8-12(15)9-13(14(11)16)10-3-4-10;1-2-4-13-5-3-8-6-9(14(15)16)7-10(12)11(8)13;2*10-9-5-7(11(12)13)4-6-2-1-3-8(6)9;11-10(12)9-5-4-7-2-1-3-8(7)6-9;;;;;;;/h10,12,15-18H,7-9,11,13-14H2,1-6H3;7,10-13,18H,3-6,8-9H2,1-2H3;5,7-10H,2-4,6H2,1H3;5,7-10H,2-4,6,15H2,1H3;3,5-7H,2,4H2,1H3;4-5H,1-3H2;1-2,4-5H,3H2;4-6H,1-3H2;7*1H4. The highest BCUT2D eigenvalue weighted by molar-refractivity contribution is 9.11. The van der Waals surface area contributed by atoms with Crippen molar-refractivity contribution in [1.82, 2.24) is 32.8 Å². The molecule has 6 heterocycles. The minimum Gasteiger partial charge on any atom is -0.415 e. The molecule has 14 aromatic rings. The van der Waals surface area contributed by atoms with Gasteiger partial charge in [0.05, 0.1) is 58.8 Å². The van der Waals surface area contributed by atoms with Gasteiger partial charge in [-0.3, -0.25) is 55.4 Å². The predicted molar refractivity (Wildman–Crippen MR) is 639 cm³/mol. The first-order valence-electron chi connectivity index (χ1n) is 50.1. The van der Waals surface area contributed by atoms with Crippen molar-refractivity contribution in [1.29, 1.82) is 0 Å². The number of benzene rings is 8. The number of nitrogen functional groups attached to an aromatic ring is 1. The number of carbonyl (C=O) groups is 1. The summed E-state index contributed by atoms with van der Waals surface area (Å²) in [5.74, 6) is 2.29. The minimum absolute atomic E-state index is 0. The summed E-state index contributed by atoms with van der Waals surface area (Å²) in [6, 6.07) is 41.9. The number of rotatable bonds is 28. The number of hydrogen-bond donors (Lipinski definition) is 2. The Morgan fingerprint density at radius 3 is 1.31 bits per heavy atom. The Morgan fingerprint density at radius 2 is 0.840 bits per heavy atom. The van der Waals surface area contributed by atoms with E-state index in [1.807, 2.05) is 42.7 Å². The Balaban J connectivity index is 0.000000237. The van der Waals surface area contributed by atoms with Gasteiger partial charge >= 0.3 is 0 Å². The van der Waals surface area contributed by atoms with Crippen LogP contribution >= 0.6 is 71.0 Å². The number of amides is 1. The van der Waals surface area contributed by atoms with Crippen LogP contribution in [0.4, 0.5) is 45.5 Å². The molecule has 6 aromatic heterocycles. The Bertz CT molecular complexity index is 7030. The molecule has 33 heteroatoms. The monoisotopic (exact) mass is 2300 g/mol. The van der Waals surface area contributed by atoms with Gasteiger partial charge in [0.2, 0.25) is 0 Å². The zero-order valence-electron chi connectivity index (χ0n) is 83.3. The van der Waals surface area contributed by atoms with Crippen molar-refractivity contribution >= 4 is 191 Å². The second-order valence-electron chi connectivity index (χ2n) is 39.4. The molecule has 0 atom stereocenters. The lowest BCUT2D eigenvalue weighted by atomic mass is 10.0. The first kappa shape index (κ1) is 125. The van der Waals surface area contributed by atoms with Crippen molar-refractivity contribution in [2.24, 2.45) is 0 Å². The van der Waals surface area contributed by atoms with Crippen LogP contribution < -0.4 is 16.0 Å². The largest absolute Gasteiger partial charge is 0.415 e. The lowest BCUT2D eigenvalue weighted by molar-refractivity contribution is -0.385. The van der Waals surface area contributed by atoms with Crippen LogP contribution in [0, 0.1) is 50.6 Å². The van der Waals surface area contributed by atoms with Crippen molar-refractivity contribution in [3.05, 3.63) is 312 Å². The summed E-state index contributed by atoms with van der Waals surface area (Å²) in [4.78, 5) is 75.1. The minimum atomic E-state index is -2.00. The number of nitrogens with one attached hydrogen (secondary N) is 1. The SMILES string of the molecule is C.C.C.C.C.C.C.CCCNc1cc(C2CC2)c2c(ccn2CCC)c1.CCCn1ccc2cc(N(CCO[Si](C)(C)C(C)(C)C)C(=O)c3c(Cl)ncnc3Cl)cc(C3CC3)c21.CCCn1ccc2cc(N)cc(C3CC3)c21.CCCn1ccc2cc([N+](=O)[O-])cc(Br)c21.CCCn1ccc2cc([N+](=O)[O-])cc(C3CC3)c21.O=[N+]([O-])c1cc(Br)c2c(c1)C=CC2.O=[N+]([O-])c1cc(Br)c2c(c1)CCC2.O=[N+]([O-])c1ccc2c(c1)CCC2. The number of hydrogen-bond acceptors (Lipinski definition) is 16. The van der Waals surface area contributed by atoms with Gasteiger partial charge in [0.1, 0.15) is 22.2 Å². The summed E-state index contributed by atoms with van der Waals surface area (Å²) in [6.07, 6.45) is 39.7. The van der Waals surface area contributed by atoms with Crippen LogP contribution in [0.25, 0.3) is 60.6 Å². The third kappa shape index (κ3) is 30.8. The molecule has 0 bridgehead atoms. The van der Waals surface area contributed by atoms with Gasteiger partial charge in [0, 0.05) is 195 Å². The second kappa shape index (κ2) is 56.2. The first-order valence-corrected chi connectivity index (χ1v) is 56.1. The molecule has 1 amide bonds. The first-order chi connectivity index (χ1) is 68.5. The molecule has 27 nitrogen and oxygen atoms in total. The zero-order valence-corrected chi connectivity index (χ0v) is 90.6. The van der Waals surface area contributed by atoms with E-state index in [1.54, 1.807) is 71.1 Å². The highest BCUT2D eigenvalue weighted by Gasteiger charge is 2.39. The summed E-state index contributed by atoms with van der Waals surface area (Å²) in [5.41, 5.74) is 28.7. The lowest BCUT2D eigenvalue weighted by Crippen LogP contribution is -2.43. The number of allylic oxidation sites excluding steroid dienone is 1. The number of nitro benzene ring substituents is 5. The number of nitro groups is 5. The average molecular weight is 2300 g/mol. The van der Waals surface area contributed by atoms with E-state index in [2.05, 4.69) is 235 Å². The Hall–Kier alpha value is -11.5. The van der Waals surface area contributed by atoms with Crippen LogP contribution in [0.5, 0.6) is 0 Å². The van der Waals surface area contributed by atoms with Gasteiger partial charge in [0.25, 0.3) is 34.3 Å². The fraction of sp³-hybridized carbons (Fsp3) is 0.444. The summed E-state index contributed by atoms with van der Waals surface area (Å²) in [5, 5.41) is 62.6. The number of nitrogens with two attached hydrogens (primary N) is 1. The molecule has 7 aliphatic carbocycles. The number of anilines is 3. The highest BCUT2D eigenvalue weighted by Crippen LogP contribution is 2.50. The number of carbonyl (C=O) groups excluding carboxylic acids is 1. The van der Waals surface area contributed by atoms with Crippen LogP contribution in [0.1, 0.15) is 307 Å². The highest BCUT2D eigenvalue weighted by atomic mass is 79.9. The molecule has 150 heavy (non-hydrogen) atoms. The van der Waals surface area contributed by atoms with Crippen LogP contribution in [0.3, 0.4) is 0 Å². The third-order valence-corrected chi connectivity index (χ3v) is 34.7. The van der Waals surface area contributed by atoms with E-state index in [-0.39, 0.29) is 132 Å². The maximum Gasteiger partial charge on any atom is 0.271 e. The molecule has 0 saturated heterocycles. The number of fused-ring (bicyclic) bond motifs is 8. The van der Waals surface area contributed by atoms with Gasteiger partial charge in [-0.15, -0.1) is 0 Å². The summed E-state index contributed by atoms with van der Waals surface area (Å²) >= 11 is 22.7. The lowest BCUT2D eigenvalue weighted by Gasteiger charge is -2.37. The van der Waals surface area contributed by atoms with Gasteiger partial charge < -0.3 is 43.2 Å². The van der Waals surface area contributed by atoms with Gasteiger partial charge in [-0.2, -0.15) is 0 Å². The van der Waals surface area contributed by atoms with Gasteiger partial charge in [-0.05, 0) is 315 Å². The molecule has 7 aliphatic rings. The number of aromatic nitrogens is 7. The van der Waals surface area contributed by atoms with E-state index in [0.29, 0.717) is 25.0 Å². The molecule has 4 saturated carbocycles. The number of non-ortho nitro benzene ring substituents is 5. The topological polar surface area (TPSA) is 334 Å². The normalized spacial score (nSPS) is 13.5. The maximum absolute atomic E-state index is 13.9. The number of aryl methyl sites for hydroxylation is 8. The van der Waals surface area contributed by atoms with Gasteiger partial charge in [0.15, 0.2) is 8.32 Å². The Kier molecular flexibility index (Phi) is 47.0. The zero-order chi connectivity index (χ0) is 102. The molecule has 0 unspecified atom stereocenters. The van der Waals surface area contributed by atoms with E-state index in [4.69, 9.17) is 33.4 Å². The molecule has 0 spiro atoms. The molecule has 0 aliphatic heterocycles. The second-order valence-corrected chi connectivity index (χ2v) is 47.5. The molecular formula is C117H156Br3Cl2N15O12Si. The smallest absolute Gasteiger partial charge is 0.271 e. The average Bonchev–Trinajstić information content (AvgIpc) is 1.60. The fourth-order valence-electron chi connectivity index (χ4n) is 18.9. The Labute approximate surface area is 922 Å². The van der Waals surface area contributed by atoms with Crippen molar-refractivity contribution in [2.75, 3.05) is 35.6 Å². The van der Waals surface area contributed by atoms with Crippen LogP contribution in [-0.4, -0.2) is 91.3 Å². The van der Waals surface area contributed by atoms with E-state index in [1.165, 1.54) is 125 Å². The van der Waals surface area contributed by atoms with Crippen molar-refractivity contribution in [3.63, 3.8) is 0 Å². The summed E-state index contributed by atoms with van der Waals surface area (Å²) in [6.45, 7) is 31.1. The number of halogens is 5. The maximum atomic E-state index is 13.9. The summed E-state index contributed by atoms with van der Waals surface area (Å²) in [7, 11) is -2.00. The van der Waals surface area contributed by atoms with Crippen molar-refractivity contribution in [3.8, 4) is 0 Å². The van der Waals surface area contributed by atoms with Crippen LogP contribution in [-0.2, 0) is 69.3 Å². The van der Waals surface area contributed by atoms with Crippen molar-refractivity contribution < 1.29 is 33.8 Å². The van der Waals surface area contributed by atoms with Gasteiger partial charge in [-0.25, -0.2) is 9.97 Å².